The highest BCUT2D eigenvalue weighted by Gasteiger charge is 2.22. The fraction of sp³-hybridized carbons (Fsp3) is 0.412. The number of amides is 2. The van der Waals surface area contributed by atoms with Crippen LogP contribution in [0.15, 0.2) is 30.6 Å². The van der Waals surface area contributed by atoms with Crippen LogP contribution in [0, 0.1) is 0 Å². The number of carbonyl (C=O) groups is 1. The van der Waals surface area contributed by atoms with Crippen molar-refractivity contribution in [1.82, 2.24) is 19.8 Å². The van der Waals surface area contributed by atoms with Crippen LogP contribution in [0.3, 0.4) is 0 Å². The number of aromatic nitrogens is 2. The summed E-state index contributed by atoms with van der Waals surface area (Å²) in [7, 11) is 3.64. The molecule has 2 heterocycles. The lowest BCUT2D eigenvalue weighted by molar-refractivity contribution is 0.192. The van der Waals surface area contributed by atoms with E-state index in [-0.39, 0.29) is 6.03 Å². The van der Waals surface area contributed by atoms with E-state index in [0.717, 1.165) is 30.0 Å². The molecule has 0 radical (unpaired) electrons. The molecule has 0 atom stereocenters. The second kappa shape index (κ2) is 6.73. The zero-order valence-electron chi connectivity index (χ0n) is 13.6. The monoisotopic (exact) mass is 314 g/mol. The average Bonchev–Trinajstić information content (AvgIpc) is 2.98. The topological polar surface area (TPSA) is 59.4 Å². The summed E-state index contributed by atoms with van der Waals surface area (Å²) in [4.78, 5) is 18.4. The van der Waals surface area contributed by atoms with E-state index in [1.165, 1.54) is 5.56 Å². The van der Waals surface area contributed by atoms with Gasteiger partial charge in [-0.05, 0) is 18.1 Å². The Bertz CT molecular complexity index is 696. The third-order valence-corrected chi connectivity index (χ3v) is 4.28. The molecule has 122 valence electrons. The second-order valence-electron chi connectivity index (χ2n) is 5.71. The van der Waals surface area contributed by atoms with E-state index in [9.17, 15) is 4.79 Å². The number of imidazole rings is 1. The lowest BCUT2D eigenvalue weighted by atomic mass is 9.99. The minimum Gasteiger partial charge on any atom is -0.496 e. The number of nitrogens with one attached hydrogen (secondary N) is 1. The van der Waals surface area contributed by atoms with Crippen LogP contribution in [0.2, 0.25) is 0 Å². The van der Waals surface area contributed by atoms with Crippen molar-refractivity contribution in [3.8, 4) is 5.75 Å². The summed E-state index contributed by atoms with van der Waals surface area (Å²) in [5.74, 6) is 1.89. The van der Waals surface area contributed by atoms with Crippen molar-refractivity contribution < 1.29 is 9.53 Å². The van der Waals surface area contributed by atoms with Crippen LogP contribution in [-0.4, -0.2) is 40.7 Å². The van der Waals surface area contributed by atoms with Gasteiger partial charge < -0.3 is 19.5 Å². The van der Waals surface area contributed by atoms with Crippen LogP contribution in [0.25, 0.3) is 0 Å². The number of fused-ring (bicyclic) bond motifs is 1. The van der Waals surface area contributed by atoms with Crippen molar-refractivity contribution in [3.05, 3.63) is 47.5 Å². The molecule has 0 saturated heterocycles. The minimum atomic E-state index is -0.0207. The van der Waals surface area contributed by atoms with Crippen molar-refractivity contribution in [2.24, 2.45) is 7.05 Å². The summed E-state index contributed by atoms with van der Waals surface area (Å²) >= 11 is 0. The maximum Gasteiger partial charge on any atom is 0.317 e. The summed E-state index contributed by atoms with van der Waals surface area (Å²) in [6.07, 6.45) is 5.23. The van der Waals surface area contributed by atoms with Crippen LogP contribution in [0.1, 0.15) is 17.0 Å². The molecule has 1 aromatic carbocycles. The van der Waals surface area contributed by atoms with Gasteiger partial charge in [0.25, 0.3) is 0 Å². The first-order chi connectivity index (χ1) is 11.2. The van der Waals surface area contributed by atoms with Crippen LogP contribution in [0.4, 0.5) is 4.79 Å². The van der Waals surface area contributed by atoms with Crippen molar-refractivity contribution in [1.29, 1.82) is 0 Å². The van der Waals surface area contributed by atoms with E-state index in [4.69, 9.17) is 4.74 Å². The van der Waals surface area contributed by atoms with Gasteiger partial charge in [0, 0.05) is 51.1 Å². The Morgan fingerprint density at radius 1 is 1.43 bits per heavy atom. The molecule has 2 aromatic rings. The van der Waals surface area contributed by atoms with Crippen molar-refractivity contribution in [2.75, 3.05) is 20.2 Å². The van der Waals surface area contributed by atoms with E-state index < -0.39 is 0 Å². The molecule has 6 nitrogen and oxygen atoms in total. The highest BCUT2D eigenvalue weighted by Crippen LogP contribution is 2.27. The fourth-order valence-corrected chi connectivity index (χ4v) is 2.97. The molecular weight excluding hydrogens is 292 g/mol. The van der Waals surface area contributed by atoms with Crippen LogP contribution < -0.4 is 10.1 Å². The van der Waals surface area contributed by atoms with Crippen LogP contribution >= 0.6 is 0 Å². The average molecular weight is 314 g/mol. The Morgan fingerprint density at radius 3 is 3.04 bits per heavy atom. The van der Waals surface area contributed by atoms with E-state index in [1.54, 1.807) is 13.3 Å². The second-order valence-corrected chi connectivity index (χ2v) is 5.71. The van der Waals surface area contributed by atoms with Crippen molar-refractivity contribution >= 4 is 6.03 Å². The number of carbonyl (C=O) groups excluding carboxylic acids is 1. The maximum atomic E-state index is 12.3. The molecule has 0 bridgehead atoms. The third-order valence-electron chi connectivity index (χ3n) is 4.28. The first-order valence-electron chi connectivity index (χ1n) is 7.82. The highest BCUT2D eigenvalue weighted by molar-refractivity contribution is 5.74. The molecule has 6 heteroatoms. The Balaban J connectivity index is 1.56. The molecule has 1 aliphatic rings. The fourth-order valence-electron chi connectivity index (χ4n) is 2.97. The van der Waals surface area contributed by atoms with E-state index in [0.29, 0.717) is 19.6 Å². The number of hydrogen-bond acceptors (Lipinski definition) is 3. The summed E-state index contributed by atoms with van der Waals surface area (Å²) < 4.78 is 7.37. The van der Waals surface area contributed by atoms with Gasteiger partial charge in [-0.1, -0.05) is 12.1 Å². The Labute approximate surface area is 136 Å². The summed E-state index contributed by atoms with van der Waals surface area (Å²) in [6.45, 7) is 1.92. The molecule has 1 aromatic heterocycles. The Morgan fingerprint density at radius 2 is 2.30 bits per heavy atom. The first kappa shape index (κ1) is 15.4. The number of nitrogens with zero attached hydrogens (tertiary/aromatic N) is 3. The predicted octanol–water partition coefficient (Wildman–Crippen LogP) is 1.74. The zero-order valence-corrected chi connectivity index (χ0v) is 13.6. The molecule has 1 aliphatic heterocycles. The zero-order chi connectivity index (χ0) is 16.2. The number of ether oxygens (including phenoxy) is 1. The molecule has 23 heavy (non-hydrogen) atoms. The van der Waals surface area contributed by atoms with Gasteiger partial charge in [0.05, 0.1) is 7.11 Å². The van der Waals surface area contributed by atoms with Gasteiger partial charge in [0.15, 0.2) is 0 Å². The van der Waals surface area contributed by atoms with E-state index in [1.807, 2.05) is 34.8 Å². The van der Waals surface area contributed by atoms with Crippen molar-refractivity contribution in [2.45, 2.75) is 19.4 Å². The lowest BCUT2D eigenvalue weighted by Gasteiger charge is -2.29. The van der Waals surface area contributed by atoms with Gasteiger partial charge in [-0.15, -0.1) is 0 Å². The normalized spacial score (nSPS) is 13.6. The lowest BCUT2D eigenvalue weighted by Crippen LogP contribution is -2.43. The molecule has 0 aliphatic carbocycles. The van der Waals surface area contributed by atoms with Gasteiger partial charge in [-0.3, -0.25) is 0 Å². The molecule has 1 N–H and O–H groups in total. The highest BCUT2D eigenvalue weighted by atomic mass is 16.5. The number of hydrogen-bond donors (Lipinski definition) is 1. The quantitative estimate of drug-likeness (QED) is 0.935. The molecule has 0 saturated carbocycles. The van der Waals surface area contributed by atoms with Crippen molar-refractivity contribution in [3.63, 3.8) is 0 Å². The number of aryl methyl sites for hydroxylation is 1. The minimum absolute atomic E-state index is 0.0207. The molecular formula is C17H22N4O2. The molecule has 3 rings (SSSR count). The van der Waals surface area contributed by atoms with Gasteiger partial charge in [0.1, 0.15) is 11.6 Å². The molecule has 2 amide bonds. The van der Waals surface area contributed by atoms with Crippen LogP contribution in [0.5, 0.6) is 5.75 Å². The SMILES string of the molecule is COc1cccc2c1CCN(C(=O)NCCc1nccn1C)C2. The van der Waals surface area contributed by atoms with Gasteiger partial charge >= 0.3 is 6.03 Å². The number of methoxy groups -OCH3 is 1. The Hall–Kier alpha value is -2.50. The largest absolute Gasteiger partial charge is 0.496 e. The third kappa shape index (κ3) is 3.31. The summed E-state index contributed by atoms with van der Waals surface area (Å²) in [5.41, 5.74) is 2.38. The summed E-state index contributed by atoms with van der Waals surface area (Å²) in [6, 6.07) is 5.99. The van der Waals surface area contributed by atoms with Crippen LogP contribution in [-0.2, 0) is 26.4 Å². The van der Waals surface area contributed by atoms with E-state index >= 15 is 0 Å². The first-order valence-corrected chi connectivity index (χ1v) is 7.82. The maximum absolute atomic E-state index is 12.3. The van der Waals surface area contributed by atoms with Gasteiger partial charge in [-0.2, -0.15) is 0 Å². The van der Waals surface area contributed by atoms with E-state index in [2.05, 4.69) is 16.4 Å². The standard InChI is InChI=1S/C17H22N4O2/c1-20-11-9-18-16(20)6-8-19-17(22)21-10-7-14-13(12-21)4-3-5-15(14)23-2/h3-5,9,11H,6-8,10,12H2,1-2H3,(H,19,22). The molecule has 0 fully saturated rings. The number of benzene rings is 1. The number of rotatable bonds is 4. The smallest absolute Gasteiger partial charge is 0.317 e. The van der Waals surface area contributed by atoms with Gasteiger partial charge in [-0.25, -0.2) is 9.78 Å². The predicted molar refractivity (Wildman–Crippen MR) is 87.4 cm³/mol. The number of urea groups is 1. The summed E-state index contributed by atoms with van der Waals surface area (Å²) in [5, 5.41) is 2.98. The Kier molecular flexibility index (Phi) is 4.50. The van der Waals surface area contributed by atoms with Gasteiger partial charge in [0.2, 0.25) is 0 Å². The molecule has 0 unspecified atom stereocenters. The molecule has 0 spiro atoms.